The van der Waals surface area contributed by atoms with Crippen LogP contribution in [0.5, 0.6) is 5.75 Å². The maximum atomic E-state index is 13.0. The zero-order valence-electron chi connectivity index (χ0n) is 15.2. The number of para-hydroxylation sites is 1. The van der Waals surface area contributed by atoms with Gasteiger partial charge in [-0.25, -0.2) is 4.79 Å². The summed E-state index contributed by atoms with van der Waals surface area (Å²) in [6.45, 7) is 3.58. The molecular formula is C20H20ClN3O3. The number of anilines is 1. The van der Waals surface area contributed by atoms with Gasteiger partial charge in [0.2, 0.25) is 0 Å². The van der Waals surface area contributed by atoms with Gasteiger partial charge in [0.1, 0.15) is 5.75 Å². The van der Waals surface area contributed by atoms with E-state index in [9.17, 15) is 9.59 Å². The Labute approximate surface area is 162 Å². The number of hydrogen-bond donors (Lipinski definition) is 3. The van der Waals surface area contributed by atoms with Gasteiger partial charge in [-0.1, -0.05) is 35.9 Å². The predicted molar refractivity (Wildman–Crippen MR) is 105 cm³/mol. The fraction of sp³-hybridized carbons (Fsp3) is 0.200. The first-order valence-corrected chi connectivity index (χ1v) is 8.77. The number of ether oxygens (including phenoxy) is 1. The molecular weight excluding hydrogens is 366 g/mol. The molecule has 6 nitrogen and oxygen atoms in total. The molecule has 0 aliphatic carbocycles. The SMILES string of the molecule is COc1ccccc1C1NC(=O)NC(C)=C1C(=O)Nc1ccc(C)c(Cl)c1. The Hall–Kier alpha value is -2.99. The molecule has 1 heterocycles. The summed E-state index contributed by atoms with van der Waals surface area (Å²) in [7, 11) is 1.55. The fourth-order valence-electron chi connectivity index (χ4n) is 3.00. The molecule has 1 aliphatic rings. The second-order valence-corrected chi connectivity index (χ2v) is 6.64. The molecule has 0 aromatic heterocycles. The molecule has 140 valence electrons. The van der Waals surface area contributed by atoms with E-state index in [1.54, 1.807) is 32.2 Å². The second kappa shape index (κ2) is 7.72. The van der Waals surface area contributed by atoms with Gasteiger partial charge in [-0.15, -0.1) is 0 Å². The Morgan fingerprint density at radius 1 is 1.19 bits per heavy atom. The van der Waals surface area contributed by atoms with Crippen LogP contribution < -0.4 is 20.7 Å². The van der Waals surface area contributed by atoms with Crippen LogP contribution >= 0.6 is 11.6 Å². The first-order chi connectivity index (χ1) is 12.9. The van der Waals surface area contributed by atoms with Crippen molar-refractivity contribution in [1.82, 2.24) is 10.6 Å². The van der Waals surface area contributed by atoms with E-state index in [0.29, 0.717) is 33.3 Å². The van der Waals surface area contributed by atoms with Crippen molar-refractivity contribution < 1.29 is 14.3 Å². The number of carbonyl (C=O) groups excluding carboxylic acids is 2. The van der Waals surface area contributed by atoms with Gasteiger partial charge in [0.15, 0.2) is 0 Å². The minimum absolute atomic E-state index is 0.337. The highest BCUT2D eigenvalue weighted by Crippen LogP contribution is 2.33. The minimum Gasteiger partial charge on any atom is -0.496 e. The molecule has 2 aromatic rings. The number of benzene rings is 2. The Morgan fingerprint density at radius 3 is 2.63 bits per heavy atom. The molecule has 3 amide bonds. The number of urea groups is 1. The number of aryl methyl sites for hydroxylation is 1. The lowest BCUT2D eigenvalue weighted by Gasteiger charge is -2.29. The third-order valence-electron chi connectivity index (χ3n) is 4.39. The van der Waals surface area contributed by atoms with E-state index >= 15 is 0 Å². The van der Waals surface area contributed by atoms with Crippen molar-refractivity contribution in [2.75, 3.05) is 12.4 Å². The largest absolute Gasteiger partial charge is 0.496 e. The quantitative estimate of drug-likeness (QED) is 0.746. The summed E-state index contributed by atoms with van der Waals surface area (Å²) >= 11 is 6.15. The van der Waals surface area contributed by atoms with Crippen LogP contribution in [0.4, 0.5) is 10.5 Å². The molecule has 1 unspecified atom stereocenters. The molecule has 0 spiro atoms. The van der Waals surface area contributed by atoms with Crippen molar-refractivity contribution in [1.29, 1.82) is 0 Å². The predicted octanol–water partition coefficient (Wildman–Crippen LogP) is 3.92. The Balaban J connectivity index is 1.98. The number of methoxy groups -OCH3 is 1. The lowest BCUT2D eigenvalue weighted by Crippen LogP contribution is -2.46. The molecule has 27 heavy (non-hydrogen) atoms. The molecule has 0 saturated carbocycles. The number of rotatable bonds is 4. The van der Waals surface area contributed by atoms with Gasteiger partial charge in [0.05, 0.1) is 18.7 Å². The molecule has 3 rings (SSSR count). The summed E-state index contributed by atoms with van der Waals surface area (Å²) in [5.41, 5.74) is 3.07. The van der Waals surface area contributed by atoms with Crippen LogP contribution in [0, 0.1) is 6.92 Å². The lowest BCUT2D eigenvalue weighted by atomic mass is 9.94. The van der Waals surface area contributed by atoms with Gasteiger partial charge in [-0.05, 0) is 37.6 Å². The summed E-state index contributed by atoms with van der Waals surface area (Å²) in [5.74, 6) is 0.247. The zero-order valence-corrected chi connectivity index (χ0v) is 16.0. The van der Waals surface area contributed by atoms with E-state index in [2.05, 4.69) is 16.0 Å². The first-order valence-electron chi connectivity index (χ1n) is 8.39. The molecule has 0 bridgehead atoms. The van der Waals surface area contributed by atoms with E-state index in [4.69, 9.17) is 16.3 Å². The van der Waals surface area contributed by atoms with Crippen LogP contribution in [0.2, 0.25) is 5.02 Å². The smallest absolute Gasteiger partial charge is 0.319 e. The number of allylic oxidation sites excluding steroid dienone is 1. The van der Waals surface area contributed by atoms with Gasteiger partial charge in [-0.2, -0.15) is 0 Å². The minimum atomic E-state index is -0.643. The van der Waals surface area contributed by atoms with Gasteiger partial charge >= 0.3 is 6.03 Å². The van der Waals surface area contributed by atoms with Crippen molar-refractivity contribution in [3.8, 4) is 5.75 Å². The van der Waals surface area contributed by atoms with E-state index < -0.39 is 6.04 Å². The van der Waals surface area contributed by atoms with E-state index in [-0.39, 0.29) is 11.9 Å². The van der Waals surface area contributed by atoms with Gasteiger partial charge < -0.3 is 20.7 Å². The molecule has 1 atom stereocenters. The van der Waals surface area contributed by atoms with Crippen LogP contribution in [0.3, 0.4) is 0 Å². The average Bonchev–Trinajstić information content (AvgIpc) is 2.64. The van der Waals surface area contributed by atoms with Crippen molar-refractivity contribution >= 4 is 29.2 Å². The Morgan fingerprint density at radius 2 is 1.93 bits per heavy atom. The number of carbonyl (C=O) groups is 2. The van der Waals surface area contributed by atoms with E-state index in [1.807, 2.05) is 31.2 Å². The molecule has 2 aromatic carbocycles. The lowest BCUT2D eigenvalue weighted by molar-refractivity contribution is -0.113. The summed E-state index contributed by atoms with van der Waals surface area (Å²) in [6, 6.07) is 11.5. The third-order valence-corrected chi connectivity index (χ3v) is 4.80. The maximum Gasteiger partial charge on any atom is 0.319 e. The van der Waals surface area contributed by atoms with Gasteiger partial charge in [0, 0.05) is 22.0 Å². The van der Waals surface area contributed by atoms with E-state index in [1.165, 1.54) is 0 Å². The fourth-order valence-corrected chi connectivity index (χ4v) is 3.18. The molecule has 0 radical (unpaired) electrons. The number of amides is 3. The molecule has 0 fully saturated rings. The third kappa shape index (κ3) is 3.90. The average molecular weight is 386 g/mol. The molecule has 0 saturated heterocycles. The zero-order chi connectivity index (χ0) is 19.6. The van der Waals surface area contributed by atoms with Crippen molar-refractivity contribution in [2.45, 2.75) is 19.9 Å². The molecule has 3 N–H and O–H groups in total. The van der Waals surface area contributed by atoms with Crippen molar-refractivity contribution in [2.24, 2.45) is 0 Å². The summed E-state index contributed by atoms with van der Waals surface area (Å²) < 4.78 is 5.40. The van der Waals surface area contributed by atoms with Crippen molar-refractivity contribution in [3.05, 3.63) is 69.9 Å². The van der Waals surface area contributed by atoms with Crippen LogP contribution in [-0.2, 0) is 4.79 Å². The van der Waals surface area contributed by atoms with Crippen molar-refractivity contribution in [3.63, 3.8) is 0 Å². The van der Waals surface area contributed by atoms with Gasteiger partial charge in [0.25, 0.3) is 5.91 Å². The van der Waals surface area contributed by atoms with Crippen LogP contribution in [-0.4, -0.2) is 19.0 Å². The molecule has 7 heteroatoms. The Bertz CT molecular complexity index is 940. The number of halogens is 1. The normalized spacial score (nSPS) is 16.4. The summed E-state index contributed by atoms with van der Waals surface area (Å²) in [5, 5.41) is 8.87. The summed E-state index contributed by atoms with van der Waals surface area (Å²) in [4.78, 5) is 25.0. The first kappa shape index (κ1) is 18.8. The molecule has 1 aliphatic heterocycles. The maximum absolute atomic E-state index is 13.0. The highest BCUT2D eigenvalue weighted by Gasteiger charge is 2.32. The monoisotopic (exact) mass is 385 g/mol. The summed E-state index contributed by atoms with van der Waals surface area (Å²) in [6.07, 6.45) is 0. The second-order valence-electron chi connectivity index (χ2n) is 6.23. The topological polar surface area (TPSA) is 79.5 Å². The van der Waals surface area contributed by atoms with E-state index in [0.717, 1.165) is 5.56 Å². The Kier molecular flexibility index (Phi) is 5.37. The van der Waals surface area contributed by atoms with Crippen LogP contribution in [0.25, 0.3) is 0 Å². The van der Waals surface area contributed by atoms with Crippen LogP contribution in [0.15, 0.2) is 53.7 Å². The highest BCUT2D eigenvalue weighted by molar-refractivity contribution is 6.31. The van der Waals surface area contributed by atoms with Crippen LogP contribution in [0.1, 0.15) is 24.1 Å². The standard InChI is InChI=1S/C20H20ClN3O3/c1-11-8-9-13(10-15(11)21)23-19(25)17-12(2)22-20(26)24-18(17)14-6-4-5-7-16(14)27-3/h4-10,18H,1-3H3,(H,23,25)(H2,22,24,26). The highest BCUT2D eigenvalue weighted by atomic mass is 35.5. The number of nitrogens with one attached hydrogen (secondary N) is 3. The number of hydrogen-bond acceptors (Lipinski definition) is 3. The van der Waals surface area contributed by atoms with Gasteiger partial charge in [-0.3, -0.25) is 4.79 Å².